The zero-order chi connectivity index (χ0) is 22.0. The lowest BCUT2D eigenvalue weighted by Crippen LogP contribution is -2.39. The molecule has 0 spiro atoms. The molecule has 1 amide bonds. The van der Waals surface area contributed by atoms with Crippen LogP contribution in [0.2, 0.25) is 5.02 Å². The molecule has 1 unspecified atom stereocenters. The summed E-state index contributed by atoms with van der Waals surface area (Å²) in [5.41, 5.74) is 0.318. The lowest BCUT2D eigenvalue weighted by atomic mass is 10.0. The van der Waals surface area contributed by atoms with E-state index in [1.807, 2.05) is 0 Å². The summed E-state index contributed by atoms with van der Waals surface area (Å²) in [5.74, 6) is -1.12. The van der Waals surface area contributed by atoms with Crippen molar-refractivity contribution in [3.05, 3.63) is 69.4 Å². The van der Waals surface area contributed by atoms with E-state index in [-0.39, 0.29) is 22.4 Å². The Balaban J connectivity index is 1.48. The molecule has 0 bridgehead atoms. The zero-order valence-electron chi connectivity index (χ0n) is 16.2. The molecule has 1 atom stereocenters. The van der Waals surface area contributed by atoms with Gasteiger partial charge in [-0.2, -0.15) is 4.31 Å². The van der Waals surface area contributed by atoms with Crippen LogP contribution in [-0.2, 0) is 10.0 Å². The Morgan fingerprint density at radius 1 is 1.19 bits per heavy atom. The van der Waals surface area contributed by atoms with Crippen LogP contribution in [-0.4, -0.2) is 41.9 Å². The number of halogens is 2. The van der Waals surface area contributed by atoms with Crippen LogP contribution < -0.4 is 5.32 Å². The Bertz CT molecular complexity index is 1220. The molecule has 1 saturated heterocycles. The number of sulfonamides is 1. The van der Waals surface area contributed by atoms with Crippen LogP contribution in [0, 0.1) is 5.82 Å². The topological polar surface area (TPSA) is 92.3 Å². The van der Waals surface area contributed by atoms with E-state index in [9.17, 15) is 17.6 Å². The van der Waals surface area contributed by atoms with E-state index >= 15 is 0 Å². The lowest BCUT2D eigenvalue weighted by molar-refractivity contribution is 0.102. The monoisotopic (exact) mass is 480 g/mol. The Labute approximate surface area is 187 Å². The number of piperidine rings is 1. The molecule has 1 aromatic heterocycles. The summed E-state index contributed by atoms with van der Waals surface area (Å²) in [5, 5.41) is 11.7. The summed E-state index contributed by atoms with van der Waals surface area (Å²) in [6.07, 6.45) is 1.40. The van der Waals surface area contributed by atoms with Gasteiger partial charge in [-0.1, -0.05) is 35.1 Å². The molecule has 0 aliphatic carbocycles. The maximum Gasteiger partial charge on any atom is 0.286 e. The van der Waals surface area contributed by atoms with Crippen molar-refractivity contribution in [2.45, 2.75) is 23.7 Å². The maximum absolute atomic E-state index is 13.3. The van der Waals surface area contributed by atoms with Crippen molar-refractivity contribution in [2.24, 2.45) is 0 Å². The number of rotatable bonds is 5. The number of nitrogens with one attached hydrogen (secondary N) is 1. The van der Waals surface area contributed by atoms with Gasteiger partial charge < -0.3 is 5.32 Å². The number of anilines is 1. The van der Waals surface area contributed by atoms with Gasteiger partial charge in [0.05, 0.1) is 4.90 Å². The standard InChI is InChI=1S/C20H18ClFN4O3S2/c21-14-5-1-8-17(10-14)31(28,29)26-9-3-4-13(12-26)19-24-25-20(30-19)18(27)23-16-7-2-6-15(22)11-16/h1-2,5-8,10-11,13H,3-4,9,12H2,(H,23,27). The van der Waals surface area contributed by atoms with Gasteiger partial charge in [0.25, 0.3) is 5.91 Å². The van der Waals surface area contributed by atoms with Gasteiger partial charge in [0.2, 0.25) is 15.0 Å². The molecular weight excluding hydrogens is 463 g/mol. The molecule has 0 radical (unpaired) electrons. The molecule has 11 heteroatoms. The van der Waals surface area contributed by atoms with Gasteiger partial charge >= 0.3 is 0 Å². The first-order valence-electron chi connectivity index (χ1n) is 9.49. The van der Waals surface area contributed by atoms with E-state index in [0.717, 1.165) is 17.8 Å². The van der Waals surface area contributed by atoms with Crippen molar-refractivity contribution in [1.29, 1.82) is 0 Å². The summed E-state index contributed by atoms with van der Waals surface area (Å²) in [7, 11) is -3.69. The van der Waals surface area contributed by atoms with Crippen LogP contribution in [0.1, 0.15) is 33.6 Å². The molecule has 1 aliphatic rings. The minimum absolute atomic E-state index is 0.133. The van der Waals surface area contributed by atoms with E-state index in [0.29, 0.717) is 28.7 Å². The fourth-order valence-corrected chi connectivity index (χ4v) is 6.07. The number of nitrogens with zero attached hydrogens (tertiary/aromatic N) is 3. The summed E-state index contributed by atoms with van der Waals surface area (Å²) >= 11 is 7.07. The molecule has 0 saturated carbocycles. The van der Waals surface area contributed by atoms with E-state index in [2.05, 4.69) is 15.5 Å². The molecule has 2 aromatic carbocycles. The SMILES string of the molecule is O=C(Nc1cccc(F)c1)c1nnc(C2CCCN(S(=O)(=O)c3cccc(Cl)c3)C2)s1. The van der Waals surface area contributed by atoms with Crippen LogP contribution >= 0.6 is 22.9 Å². The summed E-state index contributed by atoms with van der Waals surface area (Å²) in [6, 6.07) is 11.7. The molecule has 162 valence electrons. The average Bonchev–Trinajstić information content (AvgIpc) is 3.24. The highest BCUT2D eigenvalue weighted by atomic mass is 35.5. The van der Waals surface area contributed by atoms with Gasteiger partial charge in [0, 0.05) is 29.7 Å². The highest BCUT2D eigenvalue weighted by Gasteiger charge is 2.33. The number of aromatic nitrogens is 2. The highest BCUT2D eigenvalue weighted by Crippen LogP contribution is 2.32. The quantitative estimate of drug-likeness (QED) is 0.592. The van der Waals surface area contributed by atoms with E-state index in [1.165, 1.54) is 34.6 Å². The Morgan fingerprint density at radius 2 is 2.00 bits per heavy atom. The smallest absolute Gasteiger partial charge is 0.286 e. The number of amides is 1. The predicted octanol–water partition coefficient (Wildman–Crippen LogP) is 4.15. The third kappa shape index (κ3) is 4.93. The van der Waals surface area contributed by atoms with E-state index in [1.54, 1.807) is 18.2 Å². The number of hydrogen-bond acceptors (Lipinski definition) is 6. The Hall–Kier alpha value is -2.40. The molecule has 1 fully saturated rings. The van der Waals surface area contributed by atoms with Crippen molar-refractivity contribution in [3.8, 4) is 0 Å². The molecule has 2 heterocycles. The molecule has 7 nitrogen and oxygen atoms in total. The van der Waals surface area contributed by atoms with Crippen LogP contribution in [0.4, 0.5) is 10.1 Å². The first kappa shape index (κ1) is 21.8. The molecule has 31 heavy (non-hydrogen) atoms. The fourth-order valence-electron chi connectivity index (χ4n) is 3.38. The third-order valence-corrected chi connectivity index (χ3v) is 8.07. The predicted molar refractivity (Wildman–Crippen MR) is 116 cm³/mol. The van der Waals surface area contributed by atoms with Gasteiger partial charge in [0.1, 0.15) is 10.8 Å². The van der Waals surface area contributed by atoms with E-state index < -0.39 is 21.7 Å². The van der Waals surface area contributed by atoms with Crippen molar-refractivity contribution in [2.75, 3.05) is 18.4 Å². The molecule has 3 aromatic rings. The van der Waals surface area contributed by atoms with Crippen molar-refractivity contribution in [3.63, 3.8) is 0 Å². The van der Waals surface area contributed by atoms with Gasteiger partial charge in [-0.15, -0.1) is 10.2 Å². The average molecular weight is 481 g/mol. The van der Waals surface area contributed by atoms with Crippen LogP contribution in [0.3, 0.4) is 0 Å². The second-order valence-corrected chi connectivity index (χ2v) is 10.5. The van der Waals surface area contributed by atoms with Gasteiger partial charge in [-0.3, -0.25) is 4.79 Å². The number of benzene rings is 2. The third-order valence-electron chi connectivity index (χ3n) is 4.88. The van der Waals surface area contributed by atoms with Gasteiger partial charge in [-0.05, 0) is 49.2 Å². The summed E-state index contributed by atoms with van der Waals surface area (Å²) in [4.78, 5) is 12.6. The van der Waals surface area contributed by atoms with Crippen molar-refractivity contribution >= 4 is 44.6 Å². The maximum atomic E-state index is 13.3. The molecule has 4 rings (SSSR count). The number of hydrogen-bond donors (Lipinski definition) is 1. The van der Waals surface area contributed by atoms with Gasteiger partial charge in [0.15, 0.2) is 0 Å². The molecule has 1 N–H and O–H groups in total. The first-order valence-corrected chi connectivity index (χ1v) is 12.1. The molecular formula is C20H18ClFN4O3S2. The van der Waals surface area contributed by atoms with Crippen molar-refractivity contribution in [1.82, 2.24) is 14.5 Å². The Morgan fingerprint density at radius 3 is 2.77 bits per heavy atom. The normalized spacial score (nSPS) is 17.4. The first-order chi connectivity index (χ1) is 14.8. The number of carbonyl (C=O) groups excluding carboxylic acids is 1. The van der Waals surface area contributed by atoms with Gasteiger partial charge in [-0.25, -0.2) is 12.8 Å². The second kappa shape index (κ2) is 8.99. The Kier molecular flexibility index (Phi) is 6.33. The highest BCUT2D eigenvalue weighted by molar-refractivity contribution is 7.89. The van der Waals surface area contributed by atoms with Crippen LogP contribution in [0.15, 0.2) is 53.4 Å². The second-order valence-electron chi connectivity index (χ2n) is 7.07. The summed E-state index contributed by atoms with van der Waals surface area (Å²) < 4.78 is 40.7. The zero-order valence-corrected chi connectivity index (χ0v) is 18.6. The van der Waals surface area contributed by atoms with Crippen LogP contribution in [0.5, 0.6) is 0 Å². The largest absolute Gasteiger partial charge is 0.320 e. The lowest BCUT2D eigenvalue weighted by Gasteiger charge is -2.30. The fraction of sp³-hybridized carbons (Fsp3) is 0.250. The summed E-state index contributed by atoms with van der Waals surface area (Å²) in [6.45, 7) is 0.645. The van der Waals surface area contributed by atoms with Crippen LogP contribution in [0.25, 0.3) is 0 Å². The minimum Gasteiger partial charge on any atom is -0.320 e. The molecule has 1 aliphatic heterocycles. The van der Waals surface area contributed by atoms with Crippen molar-refractivity contribution < 1.29 is 17.6 Å². The van der Waals surface area contributed by atoms with E-state index in [4.69, 9.17) is 11.6 Å². The number of carbonyl (C=O) groups is 1. The minimum atomic E-state index is -3.69.